The first-order valence-electron chi connectivity index (χ1n) is 11.5. The van der Waals surface area contributed by atoms with Crippen LogP contribution in [0.15, 0.2) is 66.0 Å². The highest BCUT2D eigenvalue weighted by atomic mass is 32.1. The quantitative estimate of drug-likeness (QED) is 0.371. The molecule has 2 aromatic carbocycles. The molecule has 0 radical (unpaired) electrons. The minimum Gasteiger partial charge on any atom is -0.495 e. The molecule has 192 valence electrons. The van der Waals surface area contributed by atoms with E-state index in [2.05, 4.69) is 20.7 Å². The van der Waals surface area contributed by atoms with Crippen molar-refractivity contribution in [3.8, 4) is 17.1 Å². The molecule has 0 bridgehead atoms. The Morgan fingerprint density at radius 2 is 1.84 bits per heavy atom. The van der Waals surface area contributed by atoms with Gasteiger partial charge in [-0.15, -0.1) is 21.5 Å². The largest absolute Gasteiger partial charge is 0.495 e. The van der Waals surface area contributed by atoms with Gasteiger partial charge in [-0.1, -0.05) is 18.2 Å². The summed E-state index contributed by atoms with van der Waals surface area (Å²) >= 11 is 1.37. The molecule has 1 atom stereocenters. The molecule has 0 aliphatic heterocycles. The summed E-state index contributed by atoms with van der Waals surface area (Å²) in [7, 11) is 1.50. The van der Waals surface area contributed by atoms with E-state index in [1.165, 1.54) is 47.6 Å². The van der Waals surface area contributed by atoms with Gasteiger partial charge in [-0.25, -0.2) is 4.39 Å². The molecule has 2 heterocycles. The number of thiophene rings is 1. The third kappa shape index (κ3) is 6.18. The summed E-state index contributed by atoms with van der Waals surface area (Å²) in [6.45, 7) is 5.34. The minimum absolute atomic E-state index is 0.247. The van der Waals surface area contributed by atoms with Gasteiger partial charge >= 0.3 is 0 Å². The average Bonchev–Trinajstić information content (AvgIpc) is 3.54. The van der Waals surface area contributed by atoms with Gasteiger partial charge in [-0.2, -0.15) is 4.80 Å². The molecule has 11 heteroatoms. The Morgan fingerprint density at radius 1 is 1.11 bits per heavy atom. The number of nitrogens with zero attached hydrogens (tertiary/aromatic N) is 5. The van der Waals surface area contributed by atoms with E-state index in [0.29, 0.717) is 21.9 Å². The fourth-order valence-corrected chi connectivity index (χ4v) is 4.54. The Balaban J connectivity index is 1.73. The van der Waals surface area contributed by atoms with E-state index >= 15 is 0 Å². The fourth-order valence-electron chi connectivity index (χ4n) is 3.73. The third-order valence-corrected chi connectivity index (χ3v) is 6.19. The van der Waals surface area contributed by atoms with E-state index in [4.69, 9.17) is 4.74 Å². The Hall–Kier alpha value is -4.12. The van der Waals surface area contributed by atoms with Crippen molar-refractivity contribution in [3.63, 3.8) is 0 Å². The lowest BCUT2D eigenvalue weighted by Gasteiger charge is -2.33. The highest BCUT2D eigenvalue weighted by Crippen LogP contribution is 2.36. The SMILES string of the molecule is COc1ccccc1N(C(=O)Cn1nnc(-c2ccc(F)cc2)n1)[C@@H](C(=O)NC(C)(C)C)c1cccs1. The number of nitrogens with one attached hydrogen (secondary N) is 1. The number of aromatic nitrogens is 4. The smallest absolute Gasteiger partial charge is 0.251 e. The number of anilines is 1. The van der Waals surface area contributed by atoms with Crippen molar-refractivity contribution in [1.82, 2.24) is 25.5 Å². The van der Waals surface area contributed by atoms with Crippen molar-refractivity contribution in [2.75, 3.05) is 12.0 Å². The van der Waals surface area contributed by atoms with E-state index in [0.717, 1.165) is 4.80 Å². The lowest BCUT2D eigenvalue weighted by Crippen LogP contribution is -2.50. The highest BCUT2D eigenvalue weighted by Gasteiger charge is 2.36. The first kappa shape index (κ1) is 26.0. The summed E-state index contributed by atoms with van der Waals surface area (Å²) in [5.41, 5.74) is 0.457. The van der Waals surface area contributed by atoms with Gasteiger partial charge in [0.05, 0.1) is 12.8 Å². The van der Waals surface area contributed by atoms with Crippen molar-refractivity contribution in [3.05, 3.63) is 76.7 Å². The van der Waals surface area contributed by atoms with Gasteiger partial charge in [0.25, 0.3) is 5.91 Å². The number of benzene rings is 2. The van der Waals surface area contributed by atoms with Gasteiger partial charge in [0.1, 0.15) is 24.2 Å². The van der Waals surface area contributed by atoms with Gasteiger partial charge in [-0.3, -0.25) is 14.5 Å². The van der Waals surface area contributed by atoms with Gasteiger partial charge in [0, 0.05) is 16.0 Å². The van der Waals surface area contributed by atoms with E-state index < -0.39 is 17.5 Å². The number of ether oxygens (including phenoxy) is 1. The number of tetrazole rings is 1. The van der Waals surface area contributed by atoms with Crippen molar-refractivity contribution in [1.29, 1.82) is 0 Å². The first-order chi connectivity index (χ1) is 17.7. The summed E-state index contributed by atoms with van der Waals surface area (Å²) in [6, 6.07) is 15.3. The van der Waals surface area contributed by atoms with E-state index in [1.54, 1.807) is 24.3 Å². The number of methoxy groups -OCH3 is 1. The fraction of sp³-hybridized carbons (Fsp3) is 0.269. The maximum Gasteiger partial charge on any atom is 0.251 e. The molecule has 0 spiro atoms. The Labute approximate surface area is 217 Å². The summed E-state index contributed by atoms with van der Waals surface area (Å²) in [5.74, 6) is -0.494. The Kier molecular flexibility index (Phi) is 7.63. The maximum atomic E-state index is 13.9. The molecular weight excluding hydrogens is 495 g/mol. The van der Waals surface area contributed by atoms with Crippen LogP contribution in [0.3, 0.4) is 0 Å². The number of hydrogen-bond acceptors (Lipinski definition) is 7. The molecule has 0 aliphatic carbocycles. The number of para-hydroxylation sites is 2. The van der Waals surface area contributed by atoms with Crippen LogP contribution in [0.25, 0.3) is 11.4 Å². The van der Waals surface area contributed by atoms with Crippen LogP contribution in [0.4, 0.5) is 10.1 Å². The summed E-state index contributed by atoms with van der Waals surface area (Å²) in [6.07, 6.45) is 0. The second-order valence-corrected chi connectivity index (χ2v) is 10.2. The summed E-state index contributed by atoms with van der Waals surface area (Å²) in [5, 5.41) is 17.1. The zero-order valence-electron chi connectivity index (χ0n) is 20.9. The molecule has 0 saturated heterocycles. The molecule has 0 saturated carbocycles. The minimum atomic E-state index is -0.969. The molecule has 2 aromatic heterocycles. The molecule has 2 amide bonds. The van der Waals surface area contributed by atoms with Crippen molar-refractivity contribution >= 4 is 28.8 Å². The lowest BCUT2D eigenvalue weighted by atomic mass is 10.1. The predicted octanol–water partition coefficient (Wildman–Crippen LogP) is 4.24. The van der Waals surface area contributed by atoms with E-state index in [-0.39, 0.29) is 24.1 Å². The predicted molar refractivity (Wildman–Crippen MR) is 139 cm³/mol. The topological polar surface area (TPSA) is 102 Å². The van der Waals surface area contributed by atoms with E-state index in [1.807, 2.05) is 38.3 Å². The Morgan fingerprint density at radius 3 is 2.49 bits per heavy atom. The number of rotatable bonds is 8. The molecule has 1 N–H and O–H groups in total. The van der Waals surface area contributed by atoms with Crippen LogP contribution in [0, 0.1) is 5.82 Å². The second-order valence-electron chi connectivity index (χ2n) is 9.24. The Bertz CT molecular complexity index is 1370. The number of halogens is 1. The first-order valence-corrected chi connectivity index (χ1v) is 12.4. The van der Waals surface area contributed by atoms with Crippen LogP contribution in [-0.4, -0.2) is 44.7 Å². The second kappa shape index (κ2) is 10.9. The standard InChI is InChI=1S/C26H27FN6O3S/c1-26(2,3)28-25(35)23(21-10-7-15-37-21)33(19-8-5-6-9-20(19)36-4)22(34)16-32-30-24(29-31-32)17-11-13-18(27)14-12-17/h5-15,23H,16H2,1-4H3,(H,28,35)/t23-/m1/s1. The van der Waals surface area contributed by atoms with Crippen molar-refractivity contribution in [2.24, 2.45) is 0 Å². The monoisotopic (exact) mass is 522 g/mol. The van der Waals surface area contributed by atoms with Crippen LogP contribution in [0.1, 0.15) is 31.7 Å². The van der Waals surface area contributed by atoms with Crippen LogP contribution < -0.4 is 15.0 Å². The van der Waals surface area contributed by atoms with Crippen LogP contribution in [0.5, 0.6) is 5.75 Å². The van der Waals surface area contributed by atoms with Crippen LogP contribution >= 0.6 is 11.3 Å². The molecule has 37 heavy (non-hydrogen) atoms. The zero-order valence-corrected chi connectivity index (χ0v) is 21.7. The number of carbonyl (C=O) groups is 2. The molecule has 0 aliphatic rings. The highest BCUT2D eigenvalue weighted by molar-refractivity contribution is 7.10. The van der Waals surface area contributed by atoms with Crippen molar-refractivity contribution < 1.29 is 18.7 Å². The molecule has 0 fully saturated rings. The zero-order chi connectivity index (χ0) is 26.6. The molecule has 4 aromatic rings. The number of carbonyl (C=O) groups excluding carboxylic acids is 2. The summed E-state index contributed by atoms with van der Waals surface area (Å²) < 4.78 is 18.8. The molecule has 0 unspecified atom stereocenters. The average molecular weight is 523 g/mol. The number of hydrogen-bond donors (Lipinski definition) is 1. The normalized spacial score (nSPS) is 12.1. The maximum absolute atomic E-state index is 13.9. The lowest BCUT2D eigenvalue weighted by molar-refractivity contribution is -0.128. The van der Waals surface area contributed by atoms with Crippen LogP contribution in [0.2, 0.25) is 0 Å². The molecular formula is C26H27FN6O3S. The summed E-state index contributed by atoms with van der Waals surface area (Å²) in [4.78, 5) is 30.8. The molecule has 4 rings (SSSR count). The van der Waals surface area contributed by atoms with Crippen LogP contribution in [-0.2, 0) is 16.1 Å². The van der Waals surface area contributed by atoms with Gasteiger partial charge in [0.2, 0.25) is 11.7 Å². The number of amides is 2. The van der Waals surface area contributed by atoms with Gasteiger partial charge < -0.3 is 10.1 Å². The van der Waals surface area contributed by atoms with E-state index in [9.17, 15) is 14.0 Å². The van der Waals surface area contributed by atoms with Gasteiger partial charge in [-0.05, 0) is 73.8 Å². The van der Waals surface area contributed by atoms with Crippen molar-refractivity contribution in [2.45, 2.75) is 38.9 Å². The van der Waals surface area contributed by atoms with Gasteiger partial charge in [0.15, 0.2) is 0 Å². The molecule has 9 nitrogen and oxygen atoms in total. The third-order valence-electron chi connectivity index (χ3n) is 5.26.